The fraction of sp³-hybridized carbons (Fsp3) is 0.875. The van der Waals surface area contributed by atoms with Gasteiger partial charge in [0.2, 0.25) is 0 Å². The van der Waals surface area contributed by atoms with Crippen molar-refractivity contribution >= 4 is 18.5 Å². The second-order valence-corrected chi connectivity index (χ2v) is 4.06. The molecule has 0 bridgehead atoms. The molecule has 0 aromatic carbocycles. The summed E-state index contributed by atoms with van der Waals surface area (Å²) >= 11 is 4.32. The molecule has 0 aliphatic carbocycles. The molecule has 0 fully saturated rings. The third-order valence-corrected chi connectivity index (χ3v) is 2.09. The molecule has 0 saturated heterocycles. The maximum atomic E-state index is 5.39. The van der Waals surface area contributed by atoms with Gasteiger partial charge in [-0.3, -0.25) is 0 Å². The summed E-state index contributed by atoms with van der Waals surface area (Å²) in [5, 5.41) is 0.297. The monoisotopic (exact) mass is 173 g/mol. The minimum absolute atomic E-state index is 0.260. The summed E-state index contributed by atoms with van der Waals surface area (Å²) in [7, 11) is 0. The molecule has 0 saturated carbocycles. The van der Waals surface area contributed by atoms with Gasteiger partial charge in [-0.2, -0.15) is 12.6 Å². The average Bonchev–Trinajstić information content (AvgIpc) is 2.33. The lowest BCUT2D eigenvalue weighted by Gasteiger charge is -2.06. The molecular formula is C8H15NOS. The van der Waals surface area contributed by atoms with Gasteiger partial charge in [0.15, 0.2) is 5.90 Å². The van der Waals surface area contributed by atoms with Crippen molar-refractivity contribution in [2.45, 2.75) is 32.1 Å². The van der Waals surface area contributed by atoms with Crippen molar-refractivity contribution in [2.75, 3.05) is 6.61 Å². The molecule has 3 heteroatoms. The first-order valence-electron chi connectivity index (χ1n) is 4.00. The quantitative estimate of drug-likeness (QED) is 0.631. The molecule has 64 valence electrons. The Bertz CT molecular complexity index is 165. The standard InChI is InChI=1S/C8H15NOS/c1-5(2)8-9-7(4-10-8)6(3)11/h5-7,11H,4H2,1-3H3. The van der Waals surface area contributed by atoms with Gasteiger partial charge in [-0.1, -0.05) is 20.8 Å². The number of ether oxygens (including phenoxy) is 1. The molecule has 1 aliphatic heterocycles. The Morgan fingerprint density at radius 3 is 2.45 bits per heavy atom. The third kappa shape index (κ3) is 2.12. The van der Waals surface area contributed by atoms with Gasteiger partial charge in [-0.25, -0.2) is 4.99 Å². The smallest absolute Gasteiger partial charge is 0.186 e. The summed E-state index contributed by atoms with van der Waals surface area (Å²) in [6.45, 7) is 6.93. The highest BCUT2D eigenvalue weighted by Crippen LogP contribution is 2.16. The average molecular weight is 173 g/mol. The summed E-state index contributed by atoms with van der Waals surface area (Å²) in [6, 6.07) is 0.260. The molecule has 2 atom stereocenters. The molecular weight excluding hydrogens is 158 g/mol. The Kier molecular flexibility index (Phi) is 2.82. The van der Waals surface area contributed by atoms with E-state index in [4.69, 9.17) is 4.74 Å². The molecule has 0 N–H and O–H groups in total. The van der Waals surface area contributed by atoms with Crippen LogP contribution in [0.3, 0.4) is 0 Å². The van der Waals surface area contributed by atoms with Crippen LogP contribution in [0.4, 0.5) is 0 Å². The van der Waals surface area contributed by atoms with Crippen molar-refractivity contribution in [3.8, 4) is 0 Å². The highest BCUT2D eigenvalue weighted by Gasteiger charge is 2.23. The number of nitrogens with zero attached hydrogens (tertiary/aromatic N) is 1. The van der Waals surface area contributed by atoms with Crippen molar-refractivity contribution < 1.29 is 4.74 Å². The van der Waals surface area contributed by atoms with E-state index < -0.39 is 0 Å². The van der Waals surface area contributed by atoms with Gasteiger partial charge < -0.3 is 4.74 Å². The van der Waals surface area contributed by atoms with Crippen LogP contribution in [0.5, 0.6) is 0 Å². The van der Waals surface area contributed by atoms with E-state index in [-0.39, 0.29) is 6.04 Å². The van der Waals surface area contributed by atoms with Gasteiger partial charge in [0, 0.05) is 11.2 Å². The summed E-state index contributed by atoms with van der Waals surface area (Å²) < 4.78 is 5.39. The number of hydrogen-bond acceptors (Lipinski definition) is 3. The minimum Gasteiger partial charge on any atom is -0.478 e. The van der Waals surface area contributed by atoms with Crippen molar-refractivity contribution in [2.24, 2.45) is 10.9 Å². The van der Waals surface area contributed by atoms with Crippen LogP contribution in [-0.4, -0.2) is 23.8 Å². The molecule has 1 rings (SSSR count). The molecule has 0 spiro atoms. The van der Waals surface area contributed by atoms with E-state index in [1.54, 1.807) is 0 Å². The SMILES string of the molecule is CC(C)C1=NC(C(C)S)CO1. The number of thiol groups is 1. The molecule has 0 radical (unpaired) electrons. The van der Waals surface area contributed by atoms with Crippen LogP contribution in [0.25, 0.3) is 0 Å². The van der Waals surface area contributed by atoms with Crippen molar-refractivity contribution in [1.82, 2.24) is 0 Å². The molecule has 2 nitrogen and oxygen atoms in total. The largest absolute Gasteiger partial charge is 0.478 e. The number of aliphatic imine (C=N–C) groups is 1. The van der Waals surface area contributed by atoms with Crippen molar-refractivity contribution in [1.29, 1.82) is 0 Å². The lowest BCUT2D eigenvalue weighted by atomic mass is 10.2. The lowest BCUT2D eigenvalue weighted by Crippen LogP contribution is -2.16. The fourth-order valence-corrected chi connectivity index (χ4v) is 1.12. The van der Waals surface area contributed by atoms with Gasteiger partial charge in [0.05, 0.1) is 6.04 Å². The predicted octanol–water partition coefficient (Wildman–Crippen LogP) is 1.76. The number of hydrogen-bond donors (Lipinski definition) is 1. The van der Waals surface area contributed by atoms with Gasteiger partial charge in [0.1, 0.15) is 6.61 Å². The first kappa shape index (κ1) is 8.91. The fourth-order valence-electron chi connectivity index (χ4n) is 0.972. The van der Waals surface area contributed by atoms with E-state index in [1.807, 2.05) is 6.92 Å². The topological polar surface area (TPSA) is 21.6 Å². The maximum Gasteiger partial charge on any atom is 0.186 e. The normalized spacial score (nSPS) is 26.6. The molecule has 1 heterocycles. The zero-order valence-electron chi connectivity index (χ0n) is 7.24. The first-order valence-corrected chi connectivity index (χ1v) is 4.51. The van der Waals surface area contributed by atoms with Gasteiger partial charge in [-0.15, -0.1) is 0 Å². The molecule has 1 aliphatic rings. The number of rotatable bonds is 2. The Morgan fingerprint density at radius 2 is 2.18 bits per heavy atom. The van der Waals surface area contributed by atoms with Crippen LogP contribution in [-0.2, 0) is 4.74 Å². The van der Waals surface area contributed by atoms with Gasteiger partial charge >= 0.3 is 0 Å². The van der Waals surface area contributed by atoms with E-state index >= 15 is 0 Å². The third-order valence-electron chi connectivity index (χ3n) is 1.75. The predicted molar refractivity (Wildman–Crippen MR) is 50.5 cm³/mol. The van der Waals surface area contributed by atoms with Crippen LogP contribution in [0.1, 0.15) is 20.8 Å². The highest BCUT2D eigenvalue weighted by atomic mass is 32.1. The Morgan fingerprint density at radius 1 is 1.55 bits per heavy atom. The summed E-state index contributed by atoms with van der Waals surface area (Å²) in [5.74, 6) is 1.29. The summed E-state index contributed by atoms with van der Waals surface area (Å²) in [5.41, 5.74) is 0. The van der Waals surface area contributed by atoms with Crippen molar-refractivity contribution in [3.05, 3.63) is 0 Å². The molecule has 0 aromatic heterocycles. The Hall–Kier alpha value is -0.180. The summed E-state index contributed by atoms with van der Waals surface area (Å²) in [4.78, 5) is 4.41. The molecule has 11 heavy (non-hydrogen) atoms. The second kappa shape index (κ2) is 3.48. The van der Waals surface area contributed by atoms with Crippen molar-refractivity contribution in [3.63, 3.8) is 0 Å². The van der Waals surface area contributed by atoms with Gasteiger partial charge in [-0.05, 0) is 0 Å². The zero-order chi connectivity index (χ0) is 8.43. The minimum atomic E-state index is 0.260. The van der Waals surface area contributed by atoms with Gasteiger partial charge in [0.25, 0.3) is 0 Å². The Balaban J connectivity index is 2.54. The van der Waals surface area contributed by atoms with E-state index in [9.17, 15) is 0 Å². The zero-order valence-corrected chi connectivity index (χ0v) is 8.14. The van der Waals surface area contributed by atoms with E-state index in [1.165, 1.54) is 0 Å². The van der Waals surface area contributed by atoms with Crippen LogP contribution >= 0.6 is 12.6 Å². The lowest BCUT2D eigenvalue weighted by molar-refractivity contribution is 0.301. The van der Waals surface area contributed by atoms with E-state index in [0.717, 1.165) is 5.90 Å². The molecule has 2 unspecified atom stereocenters. The Labute approximate surface area is 73.5 Å². The van der Waals surface area contributed by atoms with E-state index in [2.05, 4.69) is 31.5 Å². The van der Waals surface area contributed by atoms with E-state index in [0.29, 0.717) is 17.8 Å². The first-order chi connectivity index (χ1) is 5.11. The maximum absolute atomic E-state index is 5.39. The van der Waals surface area contributed by atoms with Crippen LogP contribution in [0.2, 0.25) is 0 Å². The van der Waals surface area contributed by atoms with Crippen LogP contribution in [0.15, 0.2) is 4.99 Å². The highest BCUT2D eigenvalue weighted by molar-refractivity contribution is 7.81. The van der Waals surface area contributed by atoms with Crippen LogP contribution < -0.4 is 0 Å². The van der Waals surface area contributed by atoms with Crippen LogP contribution in [0, 0.1) is 5.92 Å². The molecule has 0 aromatic rings. The summed E-state index contributed by atoms with van der Waals surface area (Å²) in [6.07, 6.45) is 0. The second-order valence-electron chi connectivity index (χ2n) is 3.24. The molecule has 0 amide bonds.